The maximum absolute atomic E-state index is 12.0. The molecule has 1 amide bonds. The van der Waals surface area contributed by atoms with Gasteiger partial charge in [-0.05, 0) is 48.9 Å². The number of hydrogen-bond acceptors (Lipinski definition) is 5. The lowest BCUT2D eigenvalue weighted by Gasteiger charge is -2.12. The van der Waals surface area contributed by atoms with Gasteiger partial charge in [0.2, 0.25) is 0 Å². The van der Waals surface area contributed by atoms with Crippen LogP contribution in [0.15, 0.2) is 42.5 Å². The maximum atomic E-state index is 12.0. The normalized spacial score (nSPS) is 10.2. The number of ketones is 1. The van der Waals surface area contributed by atoms with E-state index in [1.807, 2.05) is 32.0 Å². The average Bonchev–Trinajstić information content (AvgIpc) is 2.71. The van der Waals surface area contributed by atoms with Crippen molar-refractivity contribution >= 4 is 11.7 Å². The summed E-state index contributed by atoms with van der Waals surface area (Å²) in [5.74, 6) is 1.67. The molecule has 0 fully saturated rings. The molecule has 0 saturated heterocycles. The van der Waals surface area contributed by atoms with Crippen LogP contribution >= 0.6 is 0 Å². The third kappa shape index (κ3) is 6.02. The van der Waals surface area contributed by atoms with Crippen molar-refractivity contribution in [3.05, 3.63) is 53.6 Å². The Morgan fingerprint density at radius 3 is 2.33 bits per heavy atom. The zero-order valence-corrected chi connectivity index (χ0v) is 15.9. The first-order valence-corrected chi connectivity index (χ1v) is 8.89. The Bertz CT molecular complexity index is 771. The SMILES string of the molecule is CCOc1ccc(CNC(=O)COc2ccc(C(=O)CC)cc2)cc1OC. The molecule has 6 nitrogen and oxygen atoms in total. The van der Waals surface area contributed by atoms with Crippen molar-refractivity contribution in [3.63, 3.8) is 0 Å². The molecule has 0 aliphatic carbocycles. The molecule has 0 aliphatic heterocycles. The van der Waals surface area contributed by atoms with E-state index in [1.54, 1.807) is 31.4 Å². The van der Waals surface area contributed by atoms with Crippen molar-refractivity contribution in [2.75, 3.05) is 20.3 Å². The summed E-state index contributed by atoms with van der Waals surface area (Å²) in [5.41, 5.74) is 1.53. The molecule has 0 aromatic heterocycles. The monoisotopic (exact) mass is 371 g/mol. The van der Waals surface area contributed by atoms with Crippen molar-refractivity contribution in [2.45, 2.75) is 26.8 Å². The Kier molecular flexibility index (Phi) is 7.67. The average molecular weight is 371 g/mol. The highest BCUT2D eigenvalue weighted by Gasteiger charge is 2.08. The van der Waals surface area contributed by atoms with Crippen molar-refractivity contribution in [1.29, 1.82) is 0 Å². The molecule has 0 atom stereocenters. The summed E-state index contributed by atoms with van der Waals surface area (Å²) in [6.07, 6.45) is 0.457. The highest BCUT2D eigenvalue weighted by molar-refractivity contribution is 5.95. The number of Topliss-reactive ketones (excluding diaryl/α,β-unsaturated/α-hetero) is 1. The number of amides is 1. The largest absolute Gasteiger partial charge is 0.493 e. The Balaban J connectivity index is 1.83. The van der Waals surface area contributed by atoms with Crippen molar-refractivity contribution in [1.82, 2.24) is 5.32 Å². The Hall–Kier alpha value is -3.02. The van der Waals surface area contributed by atoms with E-state index in [4.69, 9.17) is 14.2 Å². The van der Waals surface area contributed by atoms with Crippen molar-refractivity contribution in [2.24, 2.45) is 0 Å². The van der Waals surface area contributed by atoms with Crippen LogP contribution < -0.4 is 19.5 Å². The molecule has 0 bridgehead atoms. The van der Waals surface area contributed by atoms with E-state index in [9.17, 15) is 9.59 Å². The van der Waals surface area contributed by atoms with Gasteiger partial charge in [0, 0.05) is 18.5 Å². The summed E-state index contributed by atoms with van der Waals surface area (Å²) in [7, 11) is 1.58. The van der Waals surface area contributed by atoms with Crippen LogP contribution in [0.1, 0.15) is 36.2 Å². The number of methoxy groups -OCH3 is 1. The molecule has 2 aromatic rings. The molecule has 2 aromatic carbocycles. The van der Waals surface area contributed by atoms with E-state index >= 15 is 0 Å². The van der Waals surface area contributed by atoms with Gasteiger partial charge in [-0.2, -0.15) is 0 Å². The lowest BCUT2D eigenvalue weighted by atomic mass is 10.1. The summed E-state index contributed by atoms with van der Waals surface area (Å²) in [6, 6.07) is 12.3. The van der Waals surface area contributed by atoms with Crippen LogP contribution in [0, 0.1) is 0 Å². The maximum Gasteiger partial charge on any atom is 0.258 e. The first kappa shape index (κ1) is 20.3. The van der Waals surface area contributed by atoms with E-state index < -0.39 is 0 Å². The second kappa shape index (κ2) is 10.2. The Morgan fingerprint density at radius 1 is 0.963 bits per heavy atom. The molecule has 0 heterocycles. The molecule has 144 valence electrons. The first-order valence-electron chi connectivity index (χ1n) is 8.89. The van der Waals surface area contributed by atoms with Gasteiger partial charge in [0.1, 0.15) is 5.75 Å². The van der Waals surface area contributed by atoms with Crippen LogP contribution in [0.25, 0.3) is 0 Å². The summed E-state index contributed by atoms with van der Waals surface area (Å²) >= 11 is 0. The summed E-state index contributed by atoms with van der Waals surface area (Å²) in [5, 5.41) is 2.80. The molecule has 27 heavy (non-hydrogen) atoms. The van der Waals surface area contributed by atoms with E-state index in [1.165, 1.54) is 0 Å². The fourth-order valence-electron chi connectivity index (χ4n) is 2.44. The molecule has 1 N–H and O–H groups in total. The number of carbonyl (C=O) groups is 2. The van der Waals surface area contributed by atoms with Crippen LogP contribution in [-0.4, -0.2) is 32.0 Å². The number of carbonyl (C=O) groups excluding carboxylic acids is 2. The van der Waals surface area contributed by atoms with Gasteiger partial charge in [-0.3, -0.25) is 9.59 Å². The second-order valence-electron chi connectivity index (χ2n) is 5.78. The lowest BCUT2D eigenvalue weighted by molar-refractivity contribution is -0.123. The summed E-state index contributed by atoms with van der Waals surface area (Å²) in [6.45, 7) is 4.53. The van der Waals surface area contributed by atoms with Gasteiger partial charge in [0.05, 0.1) is 13.7 Å². The third-order valence-corrected chi connectivity index (χ3v) is 3.88. The smallest absolute Gasteiger partial charge is 0.258 e. The predicted molar refractivity (Wildman–Crippen MR) is 103 cm³/mol. The number of rotatable bonds is 10. The van der Waals surface area contributed by atoms with Crippen LogP contribution in [0.5, 0.6) is 17.2 Å². The summed E-state index contributed by atoms with van der Waals surface area (Å²) < 4.78 is 16.2. The molecular formula is C21H25NO5. The third-order valence-electron chi connectivity index (χ3n) is 3.88. The fourth-order valence-corrected chi connectivity index (χ4v) is 2.44. The van der Waals surface area contributed by atoms with E-state index in [2.05, 4.69) is 5.32 Å². The first-order chi connectivity index (χ1) is 13.1. The zero-order valence-electron chi connectivity index (χ0n) is 15.9. The van der Waals surface area contributed by atoms with Gasteiger partial charge >= 0.3 is 0 Å². The van der Waals surface area contributed by atoms with Gasteiger partial charge in [0.15, 0.2) is 23.9 Å². The summed E-state index contributed by atoms with van der Waals surface area (Å²) in [4.78, 5) is 23.6. The second-order valence-corrected chi connectivity index (χ2v) is 5.78. The Labute approximate surface area is 159 Å². The molecule has 0 saturated carbocycles. The van der Waals surface area contributed by atoms with Gasteiger partial charge in [-0.25, -0.2) is 0 Å². The quantitative estimate of drug-likeness (QED) is 0.648. The molecular weight excluding hydrogens is 346 g/mol. The minimum atomic E-state index is -0.239. The molecule has 0 aliphatic rings. The number of hydrogen-bond donors (Lipinski definition) is 1. The highest BCUT2D eigenvalue weighted by atomic mass is 16.5. The van der Waals surface area contributed by atoms with Gasteiger partial charge in [0.25, 0.3) is 5.91 Å². The van der Waals surface area contributed by atoms with E-state index in [0.717, 1.165) is 5.56 Å². The zero-order chi connectivity index (χ0) is 19.6. The van der Waals surface area contributed by atoms with Crippen LogP contribution in [0.4, 0.5) is 0 Å². The van der Waals surface area contributed by atoms with Gasteiger partial charge < -0.3 is 19.5 Å². The van der Waals surface area contributed by atoms with Gasteiger partial charge in [-0.1, -0.05) is 13.0 Å². The number of benzene rings is 2. The lowest BCUT2D eigenvalue weighted by Crippen LogP contribution is -2.28. The Morgan fingerprint density at radius 2 is 1.70 bits per heavy atom. The van der Waals surface area contributed by atoms with Crippen LogP contribution in [0.2, 0.25) is 0 Å². The van der Waals surface area contributed by atoms with E-state index in [0.29, 0.717) is 42.4 Å². The number of nitrogens with one attached hydrogen (secondary N) is 1. The standard InChI is InChI=1S/C21H25NO5/c1-4-18(23)16-7-9-17(10-8-16)27-14-21(24)22-13-15-6-11-19(26-5-2)20(12-15)25-3/h6-12H,4-5,13-14H2,1-3H3,(H,22,24). The minimum absolute atomic E-state index is 0.0741. The minimum Gasteiger partial charge on any atom is -0.493 e. The van der Waals surface area contributed by atoms with Gasteiger partial charge in [-0.15, -0.1) is 0 Å². The van der Waals surface area contributed by atoms with Crippen LogP contribution in [-0.2, 0) is 11.3 Å². The molecule has 0 unspecified atom stereocenters. The van der Waals surface area contributed by atoms with Crippen molar-refractivity contribution in [3.8, 4) is 17.2 Å². The molecule has 0 radical (unpaired) electrons. The van der Waals surface area contributed by atoms with Crippen molar-refractivity contribution < 1.29 is 23.8 Å². The molecule has 0 spiro atoms. The predicted octanol–water partition coefficient (Wildman–Crippen LogP) is 3.38. The number of ether oxygens (including phenoxy) is 3. The highest BCUT2D eigenvalue weighted by Crippen LogP contribution is 2.27. The molecule has 6 heteroatoms. The van der Waals surface area contributed by atoms with E-state index in [-0.39, 0.29) is 18.3 Å². The topological polar surface area (TPSA) is 73.9 Å². The molecule has 2 rings (SSSR count). The van der Waals surface area contributed by atoms with Crippen LogP contribution in [0.3, 0.4) is 0 Å². The fraction of sp³-hybridized carbons (Fsp3) is 0.333.